The highest BCUT2D eigenvalue weighted by atomic mass is 19.3. The van der Waals surface area contributed by atoms with Gasteiger partial charge in [-0.3, -0.25) is 4.40 Å². The van der Waals surface area contributed by atoms with Crippen molar-refractivity contribution in [1.29, 1.82) is 0 Å². The number of nitrogens with zero attached hydrogens (tertiary/aromatic N) is 3. The Morgan fingerprint density at radius 3 is 2.24 bits per heavy atom. The topological polar surface area (TPSA) is 92.3 Å². The van der Waals surface area contributed by atoms with Crippen molar-refractivity contribution in [3.63, 3.8) is 0 Å². The fourth-order valence-corrected chi connectivity index (χ4v) is 6.49. The number of hydrogen-bond acceptors (Lipinski definition) is 4. The van der Waals surface area contributed by atoms with Crippen molar-refractivity contribution < 1.29 is 18.3 Å². The molecule has 7 nitrogen and oxygen atoms in total. The average molecular weight is 557 g/mol. The Balaban J connectivity index is 1.04. The zero-order chi connectivity index (χ0) is 28.1. The Bertz CT molecular complexity index is 1540. The van der Waals surface area contributed by atoms with Crippen LogP contribution in [0.1, 0.15) is 79.0 Å². The third-order valence-electron chi connectivity index (χ3n) is 8.95. The summed E-state index contributed by atoms with van der Waals surface area (Å²) in [5, 5.41) is 3.05. The first kappa shape index (κ1) is 26.1. The van der Waals surface area contributed by atoms with Gasteiger partial charge in [0.05, 0.1) is 23.5 Å². The number of aromatic nitrogens is 3. The first-order valence-electron chi connectivity index (χ1n) is 14.4. The molecule has 2 aromatic carbocycles. The van der Waals surface area contributed by atoms with E-state index in [1.54, 1.807) is 10.6 Å². The number of nitrogens with one attached hydrogen (secondary N) is 2. The van der Waals surface area contributed by atoms with E-state index < -0.39 is 18.1 Å². The third-order valence-corrected chi connectivity index (χ3v) is 8.95. The van der Waals surface area contributed by atoms with Crippen LogP contribution >= 0.6 is 0 Å². The van der Waals surface area contributed by atoms with Crippen LogP contribution < -0.4 is 11.1 Å². The molecule has 0 bridgehead atoms. The van der Waals surface area contributed by atoms with Gasteiger partial charge in [-0.1, -0.05) is 48.5 Å². The highest BCUT2D eigenvalue weighted by Gasteiger charge is 2.38. The van der Waals surface area contributed by atoms with Gasteiger partial charge in [-0.15, -0.1) is 0 Å². The van der Waals surface area contributed by atoms with Gasteiger partial charge in [0.15, 0.2) is 0 Å². The number of halogens is 2. The van der Waals surface area contributed by atoms with Crippen LogP contribution in [0.5, 0.6) is 0 Å². The second-order valence-corrected chi connectivity index (χ2v) is 11.7. The van der Waals surface area contributed by atoms with Crippen molar-refractivity contribution in [2.45, 2.75) is 62.4 Å². The molecule has 9 heteroatoms. The van der Waals surface area contributed by atoms with E-state index in [9.17, 15) is 13.6 Å². The normalized spacial score (nSPS) is 19.9. The van der Waals surface area contributed by atoms with Gasteiger partial charge in [-0.25, -0.2) is 29.3 Å². The van der Waals surface area contributed by atoms with Crippen LogP contribution in [0.4, 0.5) is 13.6 Å². The van der Waals surface area contributed by atoms with Gasteiger partial charge in [0.1, 0.15) is 6.61 Å². The molecule has 0 unspecified atom stereocenters. The number of hydrogen-bond donors (Lipinski definition) is 1. The van der Waals surface area contributed by atoms with Gasteiger partial charge in [0.2, 0.25) is 11.7 Å². The smallest absolute Gasteiger partial charge is 0.407 e. The SMILES string of the molecule is [NH][C@H](c1cn2ccc([C@H](NC(=O)OCC3c4ccccc4-c4ccccc43)C3CC3)nc2n1)C1CCC(F)(F)CC1. The molecule has 0 saturated heterocycles. The number of fused-ring (bicyclic) bond motifs is 4. The number of carbonyl (C=O) groups is 1. The molecule has 2 atom stereocenters. The highest BCUT2D eigenvalue weighted by molar-refractivity contribution is 5.79. The summed E-state index contributed by atoms with van der Waals surface area (Å²) in [7, 11) is 0. The summed E-state index contributed by atoms with van der Waals surface area (Å²) in [4.78, 5) is 22.4. The van der Waals surface area contributed by atoms with Crippen molar-refractivity contribution >= 4 is 11.9 Å². The van der Waals surface area contributed by atoms with Crippen molar-refractivity contribution in [2.75, 3.05) is 6.61 Å². The van der Waals surface area contributed by atoms with Crippen LogP contribution in [-0.2, 0) is 4.74 Å². The molecule has 3 aliphatic rings. The standard InChI is InChI=1S/C32H32F2N5O2/c33-32(34)14-11-19(12-15-32)28(35)27-17-39-16-13-26(36-30(39)37-27)29(20-9-10-20)38-31(40)41-18-25-23-7-3-1-5-21(23)22-6-2-4-8-24(22)25/h1-8,13,16-17,19-20,25,28-29,35H,9-12,14-15,18H2,(H,38,40)/t28-,29+/m0/s1. The number of alkyl halides is 2. The predicted molar refractivity (Wildman–Crippen MR) is 149 cm³/mol. The van der Waals surface area contributed by atoms with E-state index in [-0.39, 0.29) is 43.2 Å². The van der Waals surface area contributed by atoms with Crippen LogP contribution in [0.3, 0.4) is 0 Å². The maximum Gasteiger partial charge on any atom is 0.407 e. The molecular formula is C32H32F2N5O2. The molecule has 2 fully saturated rings. The quantitative estimate of drug-likeness (QED) is 0.269. The summed E-state index contributed by atoms with van der Waals surface area (Å²) in [6, 6.07) is 17.4. The Morgan fingerprint density at radius 2 is 1.59 bits per heavy atom. The number of alkyl carbamates (subject to hydrolysis) is 1. The van der Waals surface area contributed by atoms with Crippen LogP contribution in [-0.4, -0.2) is 33.0 Å². The maximum absolute atomic E-state index is 13.6. The second kappa shape index (κ2) is 10.2. The summed E-state index contributed by atoms with van der Waals surface area (Å²) in [5.74, 6) is -2.07. The monoisotopic (exact) mass is 556 g/mol. The first-order valence-corrected chi connectivity index (χ1v) is 14.4. The summed E-state index contributed by atoms with van der Waals surface area (Å²) in [6.07, 6.45) is 5.40. The molecule has 4 aromatic rings. The van der Waals surface area contributed by atoms with E-state index in [2.05, 4.69) is 34.6 Å². The number of amides is 1. The minimum atomic E-state index is -2.62. The molecule has 7 rings (SSSR count). The molecule has 0 aliphatic heterocycles. The largest absolute Gasteiger partial charge is 0.449 e. The van der Waals surface area contributed by atoms with Crippen LogP contribution in [0.25, 0.3) is 16.9 Å². The molecule has 41 heavy (non-hydrogen) atoms. The lowest BCUT2D eigenvalue weighted by molar-refractivity contribution is -0.0487. The van der Waals surface area contributed by atoms with E-state index in [1.165, 1.54) is 11.1 Å². The van der Waals surface area contributed by atoms with Crippen LogP contribution in [0, 0.1) is 11.8 Å². The van der Waals surface area contributed by atoms with Crippen molar-refractivity contribution in [2.24, 2.45) is 11.8 Å². The molecule has 3 aliphatic carbocycles. The minimum Gasteiger partial charge on any atom is -0.449 e. The van der Waals surface area contributed by atoms with E-state index in [1.807, 2.05) is 36.5 Å². The van der Waals surface area contributed by atoms with Gasteiger partial charge in [0.25, 0.3) is 0 Å². The lowest BCUT2D eigenvalue weighted by atomic mass is 9.81. The van der Waals surface area contributed by atoms with Gasteiger partial charge in [0, 0.05) is 31.2 Å². The number of rotatable bonds is 7. The molecule has 211 valence electrons. The van der Waals surface area contributed by atoms with Gasteiger partial charge >= 0.3 is 6.09 Å². The second-order valence-electron chi connectivity index (χ2n) is 11.7. The van der Waals surface area contributed by atoms with Gasteiger partial charge in [-0.2, -0.15) is 0 Å². The summed E-state index contributed by atoms with van der Waals surface area (Å²) >= 11 is 0. The summed E-state index contributed by atoms with van der Waals surface area (Å²) in [6.45, 7) is 0.241. The van der Waals surface area contributed by atoms with Crippen LogP contribution in [0.15, 0.2) is 67.0 Å². The van der Waals surface area contributed by atoms with E-state index in [4.69, 9.17) is 15.5 Å². The Hall–Kier alpha value is -3.85. The van der Waals surface area contributed by atoms with Gasteiger partial charge < -0.3 is 10.1 Å². The average Bonchev–Trinajstić information content (AvgIpc) is 3.65. The van der Waals surface area contributed by atoms with E-state index in [0.29, 0.717) is 30.0 Å². The molecule has 2 aromatic heterocycles. The molecule has 1 radical (unpaired) electrons. The predicted octanol–water partition coefficient (Wildman–Crippen LogP) is 6.87. The van der Waals surface area contributed by atoms with E-state index in [0.717, 1.165) is 24.0 Å². The fourth-order valence-electron chi connectivity index (χ4n) is 6.49. The molecule has 2 saturated carbocycles. The number of ether oxygens (including phenoxy) is 1. The van der Waals surface area contributed by atoms with Crippen molar-refractivity contribution in [3.05, 3.63) is 89.5 Å². The molecule has 1 amide bonds. The Kier molecular flexibility index (Phi) is 6.49. The number of carbonyl (C=O) groups excluding carboxylic acids is 1. The minimum absolute atomic E-state index is 0.0152. The van der Waals surface area contributed by atoms with Gasteiger partial charge in [-0.05, 0) is 65.8 Å². The lowest BCUT2D eigenvalue weighted by Gasteiger charge is -2.30. The lowest BCUT2D eigenvalue weighted by Crippen LogP contribution is -2.32. The zero-order valence-corrected chi connectivity index (χ0v) is 22.6. The van der Waals surface area contributed by atoms with Crippen LogP contribution in [0.2, 0.25) is 0 Å². The Morgan fingerprint density at radius 1 is 0.951 bits per heavy atom. The Labute approximate surface area is 237 Å². The summed E-state index contributed by atoms with van der Waals surface area (Å²) in [5.41, 5.74) is 14.6. The molecule has 2 N–H and O–H groups in total. The van der Waals surface area contributed by atoms with E-state index >= 15 is 0 Å². The summed E-state index contributed by atoms with van der Waals surface area (Å²) < 4.78 is 34.8. The molecule has 0 spiro atoms. The van der Waals surface area contributed by atoms with Crippen molar-refractivity contribution in [3.8, 4) is 11.1 Å². The molecule has 2 heterocycles. The highest BCUT2D eigenvalue weighted by Crippen LogP contribution is 2.45. The number of benzene rings is 2. The number of imidazole rings is 1. The zero-order valence-electron chi connectivity index (χ0n) is 22.6. The maximum atomic E-state index is 13.6. The first-order chi connectivity index (χ1) is 19.9. The fraction of sp³-hybridized carbons (Fsp3) is 0.406. The molecular weight excluding hydrogens is 524 g/mol. The third kappa shape index (κ3) is 5.07. The van der Waals surface area contributed by atoms with Crippen molar-refractivity contribution in [1.82, 2.24) is 25.4 Å².